The molecule has 0 fully saturated rings. The van der Waals surface area contributed by atoms with Gasteiger partial charge in [0.25, 0.3) is 5.91 Å². The van der Waals surface area contributed by atoms with Gasteiger partial charge in [0.1, 0.15) is 5.75 Å². The number of sulfone groups is 1. The van der Waals surface area contributed by atoms with Crippen LogP contribution in [0.1, 0.15) is 19.8 Å². The van der Waals surface area contributed by atoms with Gasteiger partial charge in [-0.15, -0.1) is 0 Å². The van der Waals surface area contributed by atoms with Crippen LogP contribution in [0.4, 0.5) is 0 Å². The third kappa shape index (κ3) is 5.20. The van der Waals surface area contributed by atoms with Crippen molar-refractivity contribution in [1.82, 2.24) is 14.6 Å². The standard InChI is InChI=1S/C18H25N3O8S/c1-3-4-9-29-13-5-7-14(8-6-13)30(27,28)12-18(25,16(23)19-26)11-21-15(22)10-20(2)17(21)24/h5-8,10,22,25-26H,3-4,9,11-12H2,1-2H3,(H,19,23). The summed E-state index contributed by atoms with van der Waals surface area (Å²) in [6.07, 6.45) is 2.82. The van der Waals surface area contributed by atoms with E-state index in [1.165, 1.54) is 36.8 Å². The minimum Gasteiger partial charge on any atom is -0.494 e. The van der Waals surface area contributed by atoms with Crippen LogP contribution in [-0.2, 0) is 28.2 Å². The zero-order chi connectivity index (χ0) is 22.5. The van der Waals surface area contributed by atoms with E-state index >= 15 is 0 Å². The van der Waals surface area contributed by atoms with E-state index in [0.29, 0.717) is 16.9 Å². The number of carbonyl (C=O) groups is 1. The van der Waals surface area contributed by atoms with Crippen LogP contribution in [-0.4, -0.2) is 56.8 Å². The summed E-state index contributed by atoms with van der Waals surface area (Å²) in [5.41, 5.74) is -2.33. The number of unbranched alkanes of at least 4 members (excludes halogenated alkanes) is 1. The quantitative estimate of drug-likeness (QED) is 0.223. The number of hydrogen-bond acceptors (Lipinski definition) is 8. The molecule has 30 heavy (non-hydrogen) atoms. The predicted octanol–water partition coefficient (Wildman–Crippen LogP) is -0.218. The number of aromatic nitrogens is 2. The maximum absolute atomic E-state index is 12.8. The SMILES string of the molecule is CCCCOc1ccc(S(=O)(=O)CC(O)(Cn2c(O)cn(C)c2=O)C(=O)NO)cc1. The van der Waals surface area contributed by atoms with Crippen LogP contribution in [0.2, 0.25) is 0 Å². The minimum absolute atomic E-state index is 0.195. The summed E-state index contributed by atoms with van der Waals surface area (Å²) < 4.78 is 32.6. The maximum Gasteiger partial charge on any atom is 0.330 e. The molecule has 1 atom stereocenters. The van der Waals surface area contributed by atoms with Crippen molar-refractivity contribution in [2.45, 2.75) is 36.8 Å². The molecule has 0 aliphatic carbocycles. The lowest BCUT2D eigenvalue weighted by Gasteiger charge is -2.25. The van der Waals surface area contributed by atoms with Gasteiger partial charge in [-0.3, -0.25) is 19.1 Å². The molecule has 1 amide bonds. The van der Waals surface area contributed by atoms with Crippen molar-refractivity contribution in [3.05, 3.63) is 40.9 Å². The fraction of sp³-hybridized carbons (Fsp3) is 0.444. The van der Waals surface area contributed by atoms with E-state index in [4.69, 9.17) is 9.94 Å². The van der Waals surface area contributed by atoms with Crippen molar-refractivity contribution in [2.75, 3.05) is 12.4 Å². The van der Waals surface area contributed by atoms with E-state index < -0.39 is 45.2 Å². The number of benzene rings is 1. The summed E-state index contributed by atoms with van der Waals surface area (Å²) >= 11 is 0. The summed E-state index contributed by atoms with van der Waals surface area (Å²) in [6, 6.07) is 5.42. The van der Waals surface area contributed by atoms with Gasteiger partial charge in [-0.1, -0.05) is 13.3 Å². The van der Waals surface area contributed by atoms with Gasteiger partial charge in [-0.05, 0) is 30.7 Å². The number of ether oxygens (including phenoxy) is 1. The van der Waals surface area contributed by atoms with Crippen LogP contribution in [0.25, 0.3) is 0 Å². The molecule has 0 radical (unpaired) electrons. The van der Waals surface area contributed by atoms with E-state index in [1.807, 2.05) is 6.92 Å². The summed E-state index contributed by atoms with van der Waals surface area (Å²) in [6.45, 7) is 1.59. The second-order valence-electron chi connectivity index (χ2n) is 6.87. The lowest BCUT2D eigenvalue weighted by atomic mass is 10.1. The van der Waals surface area contributed by atoms with Gasteiger partial charge in [-0.25, -0.2) is 18.7 Å². The molecule has 1 unspecified atom stereocenters. The number of aliphatic hydroxyl groups is 1. The van der Waals surface area contributed by atoms with Gasteiger partial charge >= 0.3 is 5.69 Å². The molecule has 0 bridgehead atoms. The van der Waals surface area contributed by atoms with E-state index in [2.05, 4.69) is 0 Å². The highest BCUT2D eigenvalue weighted by Crippen LogP contribution is 2.23. The van der Waals surface area contributed by atoms with Gasteiger partial charge in [-0.2, -0.15) is 0 Å². The van der Waals surface area contributed by atoms with E-state index in [1.54, 1.807) is 0 Å². The van der Waals surface area contributed by atoms with Crippen molar-refractivity contribution in [2.24, 2.45) is 7.05 Å². The molecule has 1 heterocycles. The van der Waals surface area contributed by atoms with Crippen LogP contribution in [0.15, 0.2) is 40.2 Å². The number of carbonyl (C=O) groups excluding carboxylic acids is 1. The van der Waals surface area contributed by atoms with E-state index in [0.717, 1.165) is 23.6 Å². The van der Waals surface area contributed by atoms with Crippen molar-refractivity contribution < 1.29 is 33.4 Å². The van der Waals surface area contributed by atoms with E-state index in [9.17, 15) is 28.2 Å². The first-order valence-corrected chi connectivity index (χ1v) is 10.8. The van der Waals surface area contributed by atoms with Crippen molar-refractivity contribution in [3.63, 3.8) is 0 Å². The summed E-state index contributed by atoms with van der Waals surface area (Å²) in [4.78, 5) is 23.9. The number of aromatic hydroxyl groups is 1. The third-order valence-electron chi connectivity index (χ3n) is 4.44. The van der Waals surface area contributed by atoms with Gasteiger partial charge in [0.15, 0.2) is 15.4 Å². The Kier molecular flexibility index (Phi) is 7.29. The lowest BCUT2D eigenvalue weighted by Crippen LogP contribution is -2.54. The summed E-state index contributed by atoms with van der Waals surface area (Å²) in [7, 11) is -2.91. The van der Waals surface area contributed by atoms with Gasteiger partial charge in [0.2, 0.25) is 5.88 Å². The molecule has 0 spiro atoms. The number of hydrogen-bond donors (Lipinski definition) is 4. The Balaban J connectivity index is 2.30. The Labute approximate surface area is 173 Å². The normalized spacial score (nSPS) is 13.6. The molecule has 2 aromatic rings. The topological polar surface area (TPSA) is 160 Å². The molecule has 1 aromatic carbocycles. The lowest BCUT2D eigenvalue weighted by molar-refractivity contribution is -0.148. The highest BCUT2D eigenvalue weighted by molar-refractivity contribution is 7.91. The van der Waals surface area contributed by atoms with Crippen molar-refractivity contribution in [3.8, 4) is 11.6 Å². The van der Waals surface area contributed by atoms with Crippen LogP contribution >= 0.6 is 0 Å². The summed E-state index contributed by atoms with van der Waals surface area (Å²) in [5, 5.41) is 29.5. The zero-order valence-corrected chi connectivity index (χ0v) is 17.4. The van der Waals surface area contributed by atoms with Crippen LogP contribution in [0, 0.1) is 0 Å². The van der Waals surface area contributed by atoms with Crippen molar-refractivity contribution >= 4 is 15.7 Å². The zero-order valence-electron chi connectivity index (χ0n) is 16.6. The Bertz CT molecular complexity index is 1040. The smallest absolute Gasteiger partial charge is 0.330 e. The molecule has 11 nitrogen and oxygen atoms in total. The average molecular weight is 443 g/mol. The van der Waals surface area contributed by atoms with Crippen molar-refractivity contribution in [1.29, 1.82) is 0 Å². The van der Waals surface area contributed by atoms with Gasteiger partial charge < -0.3 is 14.9 Å². The van der Waals surface area contributed by atoms with E-state index in [-0.39, 0.29) is 4.90 Å². The Morgan fingerprint density at radius 2 is 1.90 bits per heavy atom. The van der Waals surface area contributed by atoms with Gasteiger partial charge in [0.05, 0.1) is 30.0 Å². The van der Waals surface area contributed by atoms with Gasteiger partial charge in [0, 0.05) is 7.05 Å². The molecule has 12 heteroatoms. The number of nitrogens with one attached hydrogen (secondary N) is 1. The molecule has 4 N–H and O–H groups in total. The first kappa shape index (κ1) is 23.4. The highest BCUT2D eigenvalue weighted by atomic mass is 32.2. The first-order chi connectivity index (χ1) is 14.0. The molecule has 166 valence electrons. The fourth-order valence-corrected chi connectivity index (χ4v) is 4.33. The molecule has 0 aliphatic rings. The fourth-order valence-electron chi connectivity index (χ4n) is 2.76. The largest absolute Gasteiger partial charge is 0.494 e. The minimum atomic E-state index is -4.24. The highest BCUT2D eigenvalue weighted by Gasteiger charge is 2.42. The third-order valence-corrected chi connectivity index (χ3v) is 6.29. The second-order valence-corrected chi connectivity index (χ2v) is 8.86. The Morgan fingerprint density at radius 1 is 1.27 bits per heavy atom. The molecule has 0 saturated carbocycles. The number of amides is 1. The number of nitrogens with zero attached hydrogens (tertiary/aromatic N) is 2. The Morgan fingerprint density at radius 3 is 2.40 bits per heavy atom. The monoisotopic (exact) mass is 443 g/mol. The number of rotatable bonds is 10. The average Bonchev–Trinajstić information content (AvgIpc) is 2.93. The second kappa shape index (κ2) is 9.32. The Hall–Kier alpha value is -2.83. The molecule has 2 rings (SSSR count). The first-order valence-electron chi connectivity index (χ1n) is 9.11. The molecular formula is C18H25N3O8S. The molecule has 0 saturated heterocycles. The van der Waals surface area contributed by atoms with Crippen LogP contribution in [0.5, 0.6) is 11.6 Å². The number of hydroxylamine groups is 1. The maximum atomic E-state index is 12.8. The van der Waals surface area contributed by atoms with Crippen LogP contribution in [0.3, 0.4) is 0 Å². The predicted molar refractivity (Wildman–Crippen MR) is 105 cm³/mol. The molecule has 1 aromatic heterocycles. The molecular weight excluding hydrogens is 418 g/mol. The van der Waals surface area contributed by atoms with Crippen LogP contribution < -0.4 is 15.9 Å². The number of imidazole rings is 1. The number of aryl methyl sites for hydroxylation is 1. The summed E-state index contributed by atoms with van der Waals surface area (Å²) in [5.74, 6) is -2.71. The molecule has 0 aliphatic heterocycles.